The molecule has 0 radical (unpaired) electrons. The molecule has 2 nitrogen and oxygen atoms in total. The third-order valence-electron chi connectivity index (χ3n) is 2.84. The van der Waals surface area contributed by atoms with Crippen LogP contribution in [0, 0.1) is 6.92 Å². The third-order valence-corrected chi connectivity index (χ3v) is 2.84. The van der Waals surface area contributed by atoms with Crippen LogP contribution in [0.5, 0.6) is 0 Å². The second-order valence-corrected chi connectivity index (χ2v) is 4.03. The van der Waals surface area contributed by atoms with E-state index in [9.17, 15) is 13.2 Å². The molecule has 0 bridgehead atoms. The summed E-state index contributed by atoms with van der Waals surface area (Å²) in [5, 5.41) is 0.614. The number of H-pyrrole nitrogens is 1. The summed E-state index contributed by atoms with van der Waals surface area (Å²) in [6.07, 6.45) is -3.73. The van der Waals surface area contributed by atoms with Crippen molar-refractivity contribution in [1.82, 2.24) is 4.98 Å². The number of aromatic nitrogens is 1. The molecule has 0 fully saturated rings. The van der Waals surface area contributed by atoms with Crippen LogP contribution in [-0.4, -0.2) is 11.5 Å². The molecule has 0 amide bonds. The van der Waals surface area contributed by atoms with Crippen molar-refractivity contribution in [3.8, 4) is 0 Å². The highest BCUT2D eigenvalue weighted by Gasteiger charge is 2.30. The summed E-state index contributed by atoms with van der Waals surface area (Å²) in [4.78, 5) is 3.07. The molecule has 0 aliphatic heterocycles. The lowest BCUT2D eigenvalue weighted by Crippen LogP contribution is -2.05. The Morgan fingerprint density at radius 2 is 1.94 bits per heavy atom. The number of halogens is 4. The maximum Gasteiger partial charge on any atom is 0.416 e. The summed E-state index contributed by atoms with van der Waals surface area (Å²) in [7, 11) is 0. The number of nitrogens with one attached hydrogen (secondary N) is 1. The lowest BCUT2D eigenvalue weighted by molar-refractivity contribution is -0.137. The number of rotatable bonds is 2. The molecule has 3 N–H and O–H groups in total. The molecule has 0 aliphatic carbocycles. The van der Waals surface area contributed by atoms with Gasteiger partial charge in [0.15, 0.2) is 0 Å². The van der Waals surface area contributed by atoms with Gasteiger partial charge in [0.25, 0.3) is 0 Å². The van der Waals surface area contributed by atoms with Crippen LogP contribution in [0.1, 0.15) is 16.8 Å². The van der Waals surface area contributed by atoms with E-state index >= 15 is 0 Å². The number of aromatic amines is 1. The number of hydrogen-bond donors (Lipinski definition) is 2. The lowest BCUT2D eigenvalue weighted by atomic mass is 10.1. The molecule has 2 aromatic rings. The van der Waals surface area contributed by atoms with Gasteiger partial charge < -0.3 is 10.7 Å². The minimum Gasteiger partial charge on any atom is -0.358 e. The van der Waals surface area contributed by atoms with Gasteiger partial charge in [-0.25, -0.2) is 0 Å². The largest absolute Gasteiger partial charge is 0.416 e. The van der Waals surface area contributed by atoms with Crippen LogP contribution >= 0.6 is 12.4 Å². The fourth-order valence-corrected chi connectivity index (χ4v) is 2.03. The number of fused-ring (bicyclic) bond motifs is 1. The van der Waals surface area contributed by atoms with Gasteiger partial charge in [-0.05, 0) is 43.7 Å². The molecule has 0 atom stereocenters. The van der Waals surface area contributed by atoms with Gasteiger partial charge in [0.1, 0.15) is 0 Å². The summed E-state index contributed by atoms with van der Waals surface area (Å²) in [5.41, 5.74) is 7.31. The van der Waals surface area contributed by atoms with Crippen LogP contribution in [0.3, 0.4) is 0 Å². The van der Waals surface area contributed by atoms with E-state index in [2.05, 4.69) is 4.98 Å². The molecule has 1 heterocycles. The summed E-state index contributed by atoms with van der Waals surface area (Å²) >= 11 is 0. The highest BCUT2D eigenvalue weighted by molar-refractivity contribution is 5.85. The predicted octanol–water partition coefficient (Wildman–Crippen LogP) is 3.42. The van der Waals surface area contributed by atoms with Crippen LogP contribution in [0.15, 0.2) is 18.2 Å². The van der Waals surface area contributed by atoms with E-state index < -0.39 is 11.7 Å². The van der Waals surface area contributed by atoms with Crippen LogP contribution in [-0.2, 0) is 12.6 Å². The minimum atomic E-state index is -4.31. The maximum absolute atomic E-state index is 12.6. The highest BCUT2D eigenvalue weighted by Crippen LogP contribution is 2.33. The highest BCUT2D eigenvalue weighted by atomic mass is 35.5. The van der Waals surface area contributed by atoms with E-state index in [1.54, 1.807) is 0 Å². The van der Waals surface area contributed by atoms with Crippen LogP contribution in [0.2, 0.25) is 0 Å². The van der Waals surface area contributed by atoms with E-state index in [4.69, 9.17) is 5.73 Å². The molecule has 0 saturated carbocycles. The van der Waals surface area contributed by atoms with Gasteiger partial charge in [-0.2, -0.15) is 13.2 Å². The second-order valence-electron chi connectivity index (χ2n) is 4.03. The smallest absolute Gasteiger partial charge is 0.358 e. The van der Waals surface area contributed by atoms with Crippen LogP contribution < -0.4 is 5.73 Å². The normalized spacial score (nSPS) is 11.6. The summed E-state index contributed by atoms with van der Waals surface area (Å²) in [5.74, 6) is 0. The summed E-state index contributed by atoms with van der Waals surface area (Å²) in [6.45, 7) is 2.27. The quantitative estimate of drug-likeness (QED) is 0.868. The predicted molar refractivity (Wildman–Crippen MR) is 68.0 cm³/mol. The van der Waals surface area contributed by atoms with Crippen LogP contribution in [0.25, 0.3) is 10.9 Å². The zero-order valence-corrected chi connectivity index (χ0v) is 10.6. The van der Waals surface area contributed by atoms with E-state index in [0.29, 0.717) is 18.4 Å². The Kier molecular flexibility index (Phi) is 4.29. The number of aryl methyl sites for hydroxylation is 1. The van der Waals surface area contributed by atoms with Crippen molar-refractivity contribution in [2.45, 2.75) is 19.5 Å². The Morgan fingerprint density at radius 3 is 2.50 bits per heavy atom. The van der Waals surface area contributed by atoms with Gasteiger partial charge in [0.2, 0.25) is 0 Å². The number of alkyl halides is 3. The molecule has 0 saturated heterocycles. The monoisotopic (exact) mass is 278 g/mol. The maximum atomic E-state index is 12.6. The van der Waals surface area contributed by atoms with E-state index in [1.807, 2.05) is 6.92 Å². The molecular formula is C12H14ClF3N2. The molecule has 6 heteroatoms. The Balaban J connectivity index is 0.00000162. The van der Waals surface area contributed by atoms with Crippen LogP contribution in [0.4, 0.5) is 13.2 Å². The first-order valence-electron chi connectivity index (χ1n) is 5.32. The van der Waals surface area contributed by atoms with Crippen molar-refractivity contribution in [1.29, 1.82) is 0 Å². The molecule has 0 aliphatic rings. The zero-order valence-electron chi connectivity index (χ0n) is 9.77. The molecule has 1 aromatic carbocycles. The van der Waals surface area contributed by atoms with Crippen molar-refractivity contribution >= 4 is 23.3 Å². The SMILES string of the molecule is Cc1[nH]c2ccc(C(F)(F)F)cc2c1CCN.Cl. The fraction of sp³-hybridized carbons (Fsp3) is 0.333. The first-order chi connectivity index (χ1) is 7.93. The molecule has 0 unspecified atom stereocenters. The van der Waals surface area contributed by atoms with Gasteiger partial charge in [-0.3, -0.25) is 0 Å². The van der Waals surface area contributed by atoms with Crippen molar-refractivity contribution in [3.05, 3.63) is 35.0 Å². The fourth-order valence-electron chi connectivity index (χ4n) is 2.03. The number of nitrogens with two attached hydrogens (primary N) is 1. The third kappa shape index (κ3) is 2.62. The van der Waals surface area contributed by atoms with Crippen molar-refractivity contribution < 1.29 is 13.2 Å². The van der Waals surface area contributed by atoms with Gasteiger partial charge in [-0.15, -0.1) is 12.4 Å². The Labute approximate surface area is 109 Å². The molecular weight excluding hydrogens is 265 g/mol. The number of hydrogen-bond acceptors (Lipinski definition) is 1. The van der Waals surface area contributed by atoms with Gasteiger partial charge >= 0.3 is 6.18 Å². The average molecular weight is 279 g/mol. The second kappa shape index (κ2) is 5.20. The molecule has 18 heavy (non-hydrogen) atoms. The number of benzene rings is 1. The standard InChI is InChI=1S/C12H13F3N2.ClH/c1-7-9(4-5-16)10-6-8(12(13,14)15)2-3-11(10)17-7;/h2-3,6,17H,4-5,16H2,1H3;1H. The van der Waals surface area contributed by atoms with Crippen molar-refractivity contribution in [2.75, 3.05) is 6.54 Å². The first-order valence-corrected chi connectivity index (χ1v) is 5.32. The Morgan fingerprint density at radius 1 is 1.28 bits per heavy atom. The Hall–Kier alpha value is -1.20. The average Bonchev–Trinajstić information content (AvgIpc) is 2.54. The molecule has 0 spiro atoms. The van der Waals surface area contributed by atoms with E-state index in [-0.39, 0.29) is 12.4 Å². The van der Waals surface area contributed by atoms with Gasteiger partial charge in [-0.1, -0.05) is 0 Å². The summed E-state index contributed by atoms with van der Waals surface area (Å²) in [6, 6.07) is 3.74. The van der Waals surface area contributed by atoms with Gasteiger partial charge in [0, 0.05) is 16.6 Å². The molecule has 2 rings (SSSR count). The van der Waals surface area contributed by atoms with E-state index in [1.165, 1.54) is 12.1 Å². The molecule has 100 valence electrons. The first kappa shape index (κ1) is 14.9. The zero-order chi connectivity index (χ0) is 12.6. The lowest BCUT2D eigenvalue weighted by Gasteiger charge is -2.06. The minimum absolute atomic E-state index is 0. The molecule has 1 aromatic heterocycles. The van der Waals surface area contributed by atoms with Crippen molar-refractivity contribution in [3.63, 3.8) is 0 Å². The summed E-state index contributed by atoms with van der Waals surface area (Å²) < 4.78 is 37.8. The Bertz CT molecular complexity index is 546. The topological polar surface area (TPSA) is 41.8 Å². The van der Waals surface area contributed by atoms with E-state index in [0.717, 1.165) is 22.8 Å². The van der Waals surface area contributed by atoms with Gasteiger partial charge in [0.05, 0.1) is 5.56 Å². The van der Waals surface area contributed by atoms with Crippen molar-refractivity contribution in [2.24, 2.45) is 5.73 Å².